The predicted molar refractivity (Wildman–Crippen MR) is 89.5 cm³/mol. The minimum absolute atomic E-state index is 0.231. The van der Waals surface area contributed by atoms with Gasteiger partial charge in [0, 0.05) is 21.2 Å². The molecule has 2 aromatic rings. The first-order valence-electron chi connectivity index (χ1n) is 6.56. The Hall–Kier alpha value is -0.890. The summed E-state index contributed by atoms with van der Waals surface area (Å²) in [5.74, 6) is 0. The summed E-state index contributed by atoms with van der Waals surface area (Å²) in [6, 6.07) is 5.16. The second-order valence-corrected chi connectivity index (χ2v) is 8.76. The molecule has 1 aromatic carbocycles. The fraction of sp³-hybridized carbons (Fsp3) is 0.429. The summed E-state index contributed by atoms with van der Waals surface area (Å²) in [5, 5.41) is 7.94. The van der Waals surface area contributed by atoms with Crippen molar-refractivity contribution in [2.75, 3.05) is 0 Å². The van der Waals surface area contributed by atoms with Crippen molar-refractivity contribution in [3.63, 3.8) is 0 Å². The molecule has 1 aromatic heterocycles. The molecule has 0 saturated heterocycles. The zero-order valence-electron chi connectivity index (χ0n) is 12.4. The van der Waals surface area contributed by atoms with Gasteiger partial charge in [0.15, 0.2) is 0 Å². The maximum atomic E-state index is 12.2. The fourth-order valence-electron chi connectivity index (χ4n) is 1.88. The van der Waals surface area contributed by atoms with Crippen molar-refractivity contribution in [1.82, 2.24) is 14.9 Å². The Morgan fingerprint density at radius 2 is 2.05 bits per heavy atom. The lowest BCUT2D eigenvalue weighted by atomic mass is 10.1. The van der Waals surface area contributed by atoms with Gasteiger partial charge in [-0.05, 0) is 45.9 Å². The van der Waals surface area contributed by atoms with Gasteiger partial charge in [-0.25, -0.2) is 5.10 Å². The minimum Gasteiger partial charge on any atom is -0.598 e. The van der Waals surface area contributed by atoms with Gasteiger partial charge in [-0.1, -0.05) is 15.9 Å². The minimum atomic E-state index is -1.22. The number of halogens is 1. The molecule has 21 heavy (non-hydrogen) atoms. The molecule has 1 heterocycles. The predicted octanol–water partition coefficient (Wildman–Crippen LogP) is 2.80. The highest BCUT2D eigenvalue weighted by Gasteiger charge is 2.29. The summed E-state index contributed by atoms with van der Waals surface area (Å²) >= 11 is 2.19. The number of hydrogen-bond donors (Lipinski definition) is 2. The molecule has 0 bridgehead atoms. The first kappa shape index (κ1) is 16.5. The van der Waals surface area contributed by atoms with E-state index in [1.165, 1.54) is 0 Å². The third kappa shape index (κ3) is 3.66. The van der Waals surface area contributed by atoms with Crippen LogP contribution in [-0.2, 0) is 11.4 Å². The van der Waals surface area contributed by atoms with Crippen LogP contribution in [0.5, 0.6) is 0 Å². The maximum Gasteiger partial charge on any atom is 0.272 e. The third-order valence-corrected chi connectivity index (χ3v) is 5.20. The van der Waals surface area contributed by atoms with E-state index in [-0.39, 0.29) is 16.3 Å². The van der Waals surface area contributed by atoms with Crippen molar-refractivity contribution in [1.29, 1.82) is 0 Å². The number of rotatable bonds is 3. The molecule has 0 amide bonds. The van der Waals surface area contributed by atoms with Crippen molar-refractivity contribution < 1.29 is 4.55 Å². The monoisotopic (exact) mass is 371 g/mol. The highest BCUT2D eigenvalue weighted by molar-refractivity contribution is 9.10. The Labute approximate surface area is 135 Å². The van der Waals surface area contributed by atoms with Crippen molar-refractivity contribution in [2.45, 2.75) is 38.5 Å². The van der Waals surface area contributed by atoms with E-state index in [0.29, 0.717) is 11.1 Å². The normalized spacial score (nSPS) is 15.1. The molecule has 0 fully saturated rings. The molecule has 7 heteroatoms. The molecule has 2 N–H and O–H groups in total. The van der Waals surface area contributed by atoms with Gasteiger partial charge in [0.05, 0.1) is 17.1 Å². The van der Waals surface area contributed by atoms with Crippen molar-refractivity contribution in [2.24, 2.45) is 0 Å². The highest BCUT2D eigenvalue weighted by atomic mass is 79.9. The van der Waals surface area contributed by atoms with Gasteiger partial charge in [-0.3, -0.25) is 4.79 Å². The van der Waals surface area contributed by atoms with Gasteiger partial charge in [0.2, 0.25) is 0 Å². The Kier molecular flexibility index (Phi) is 4.77. The number of hydrogen-bond acceptors (Lipinski definition) is 4. The van der Waals surface area contributed by atoms with E-state index in [2.05, 4.69) is 30.8 Å². The van der Waals surface area contributed by atoms with Gasteiger partial charge in [0.1, 0.15) is 4.75 Å². The zero-order chi connectivity index (χ0) is 15.8. The molecule has 5 nitrogen and oxygen atoms in total. The van der Waals surface area contributed by atoms with Crippen LogP contribution in [0.15, 0.2) is 27.5 Å². The van der Waals surface area contributed by atoms with Crippen LogP contribution in [0, 0.1) is 0 Å². The molecular formula is C14H18BrN3O2S. The number of nitrogens with zero attached hydrogens (tertiary/aromatic N) is 1. The van der Waals surface area contributed by atoms with Crippen LogP contribution in [0.3, 0.4) is 0 Å². The van der Waals surface area contributed by atoms with Crippen molar-refractivity contribution >= 4 is 38.1 Å². The Morgan fingerprint density at radius 3 is 2.67 bits per heavy atom. The van der Waals surface area contributed by atoms with Crippen LogP contribution in [-0.4, -0.2) is 19.5 Å². The van der Waals surface area contributed by atoms with Gasteiger partial charge < -0.3 is 4.55 Å². The lowest BCUT2D eigenvalue weighted by Crippen LogP contribution is -2.41. The van der Waals surface area contributed by atoms with Gasteiger partial charge >= 0.3 is 0 Å². The van der Waals surface area contributed by atoms with E-state index in [4.69, 9.17) is 0 Å². The zero-order valence-corrected chi connectivity index (χ0v) is 14.8. The van der Waals surface area contributed by atoms with E-state index in [0.717, 1.165) is 9.86 Å². The van der Waals surface area contributed by atoms with Crippen LogP contribution < -0.4 is 10.3 Å². The number of benzene rings is 1. The number of nitrogens with one attached hydrogen (secondary N) is 2. The molecule has 1 unspecified atom stereocenters. The number of aromatic nitrogens is 2. The third-order valence-electron chi connectivity index (χ3n) is 3.03. The number of aromatic amines is 1. The number of fused-ring (bicyclic) bond motifs is 1. The van der Waals surface area contributed by atoms with Crippen molar-refractivity contribution in [3.8, 4) is 0 Å². The molecule has 0 spiro atoms. The summed E-state index contributed by atoms with van der Waals surface area (Å²) in [5.41, 5.74) is 0.439. The second-order valence-electron chi connectivity index (χ2n) is 5.85. The molecule has 0 aliphatic heterocycles. The molecule has 2 atom stereocenters. The first-order chi connectivity index (χ1) is 9.70. The molecule has 0 saturated carbocycles. The van der Waals surface area contributed by atoms with Gasteiger partial charge in [-0.2, -0.15) is 5.10 Å². The summed E-state index contributed by atoms with van der Waals surface area (Å²) in [6.07, 6.45) is 0. The largest absolute Gasteiger partial charge is 0.598 e. The molecule has 114 valence electrons. The maximum absolute atomic E-state index is 12.2. The van der Waals surface area contributed by atoms with Gasteiger partial charge in [-0.15, -0.1) is 4.72 Å². The van der Waals surface area contributed by atoms with E-state index in [1.54, 1.807) is 6.07 Å². The Bertz CT molecular complexity index is 711. The average Bonchev–Trinajstić information content (AvgIpc) is 2.37. The van der Waals surface area contributed by atoms with Crippen LogP contribution >= 0.6 is 15.9 Å². The van der Waals surface area contributed by atoms with Crippen LogP contribution in [0.4, 0.5) is 0 Å². The van der Waals surface area contributed by atoms with E-state index in [1.807, 2.05) is 39.8 Å². The first-order valence-corrected chi connectivity index (χ1v) is 8.50. The smallest absolute Gasteiger partial charge is 0.272 e. The van der Waals surface area contributed by atoms with Crippen LogP contribution in [0.1, 0.15) is 39.4 Å². The summed E-state index contributed by atoms with van der Waals surface area (Å²) < 4.78 is 15.7. The molecule has 0 aliphatic rings. The topological polar surface area (TPSA) is 80.8 Å². The lowest BCUT2D eigenvalue weighted by molar-refractivity contribution is 0.528. The summed E-state index contributed by atoms with van der Waals surface area (Å²) in [4.78, 5) is 11.8. The summed E-state index contributed by atoms with van der Waals surface area (Å²) in [6.45, 7) is 7.58. The Morgan fingerprint density at radius 1 is 1.38 bits per heavy atom. The lowest BCUT2D eigenvalue weighted by Gasteiger charge is -2.26. The number of H-pyrrole nitrogens is 1. The van der Waals surface area contributed by atoms with E-state index < -0.39 is 11.4 Å². The van der Waals surface area contributed by atoms with Crippen molar-refractivity contribution in [3.05, 3.63) is 38.7 Å². The quantitative estimate of drug-likeness (QED) is 0.812. The van der Waals surface area contributed by atoms with E-state index in [9.17, 15) is 9.35 Å². The average molecular weight is 372 g/mol. The molecule has 2 rings (SSSR count). The molecular weight excluding hydrogens is 354 g/mol. The van der Waals surface area contributed by atoms with Crippen LogP contribution in [0.25, 0.3) is 10.8 Å². The second kappa shape index (κ2) is 6.08. The molecule has 0 radical (unpaired) electrons. The van der Waals surface area contributed by atoms with E-state index >= 15 is 0 Å². The standard InChI is InChI=1S/C14H18BrN3O2S/c1-8(18-21(20)14(2,3)4)12-11-7-9(15)5-6-10(11)13(19)17-16-12/h5-8,18H,1-4H3,(H,17,19)/t8?,21-/m1/s1. The molecule has 0 aliphatic carbocycles. The SMILES string of the molecule is CC(N[S@+]([O-])C(C)(C)C)c1n[nH]c(=O)c2ccc(Br)cc12. The Balaban J connectivity index is 2.44. The highest BCUT2D eigenvalue weighted by Crippen LogP contribution is 2.25. The summed E-state index contributed by atoms with van der Waals surface area (Å²) in [7, 11) is 0. The fourth-order valence-corrected chi connectivity index (χ4v) is 3.03. The van der Waals surface area contributed by atoms with Crippen LogP contribution in [0.2, 0.25) is 0 Å². The van der Waals surface area contributed by atoms with Gasteiger partial charge in [0.25, 0.3) is 5.56 Å².